The molecule has 0 amide bonds. The molecule has 0 fully saturated rings. The first kappa shape index (κ1) is 12.8. The van der Waals surface area contributed by atoms with Crippen molar-refractivity contribution in [2.75, 3.05) is 5.32 Å². The number of benzene rings is 2. The van der Waals surface area contributed by atoms with Gasteiger partial charge in [-0.2, -0.15) is 0 Å². The highest BCUT2D eigenvalue weighted by molar-refractivity contribution is 6.31. The monoisotopic (exact) mass is 261 g/mol. The van der Waals surface area contributed by atoms with Crippen molar-refractivity contribution in [2.45, 2.75) is 19.9 Å². The second-order valence-electron chi connectivity index (χ2n) is 4.42. The lowest BCUT2D eigenvalue weighted by atomic mass is 10.1. The van der Waals surface area contributed by atoms with Crippen molar-refractivity contribution in [3.63, 3.8) is 0 Å². The zero-order chi connectivity index (χ0) is 13.1. The number of hydrogen-bond acceptors (Lipinski definition) is 2. The van der Waals surface area contributed by atoms with Gasteiger partial charge in [0.2, 0.25) is 0 Å². The molecule has 2 aromatic carbocycles. The minimum Gasteiger partial charge on any atom is -0.508 e. The van der Waals surface area contributed by atoms with E-state index < -0.39 is 0 Å². The van der Waals surface area contributed by atoms with Crippen LogP contribution in [-0.2, 0) is 0 Å². The summed E-state index contributed by atoms with van der Waals surface area (Å²) in [7, 11) is 0. The van der Waals surface area contributed by atoms with E-state index >= 15 is 0 Å². The van der Waals surface area contributed by atoms with Gasteiger partial charge in [0.25, 0.3) is 0 Å². The highest BCUT2D eigenvalue weighted by Crippen LogP contribution is 2.25. The minimum absolute atomic E-state index is 0.107. The average Bonchev–Trinajstić information content (AvgIpc) is 2.34. The Balaban J connectivity index is 2.16. The third kappa shape index (κ3) is 2.96. The summed E-state index contributed by atoms with van der Waals surface area (Å²) in [6.07, 6.45) is 0. The number of nitrogens with one attached hydrogen (secondary N) is 1. The van der Waals surface area contributed by atoms with Crippen LogP contribution in [0.2, 0.25) is 5.02 Å². The van der Waals surface area contributed by atoms with Crippen LogP contribution >= 0.6 is 11.6 Å². The number of aryl methyl sites for hydroxylation is 1. The molecule has 2 rings (SSSR count). The SMILES string of the molecule is Cc1ccc(NC(C)c2cccc(O)c2)cc1Cl. The van der Waals surface area contributed by atoms with Gasteiger partial charge in [-0.3, -0.25) is 0 Å². The molecular weight excluding hydrogens is 246 g/mol. The smallest absolute Gasteiger partial charge is 0.115 e. The molecule has 0 aliphatic carbocycles. The van der Waals surface area contributed by atoms with Crippen LogP contribution in [0.4, 0.5) is 5.69 Å². The number of rotatable bonds is 3. The Kier molecular flexibility index (Phi) is 3.78. The molecule has 2 aromatic rings. The Morgan fingerprint density at radius 1 is 1.17 bits per heavy atom. The Morgan fingerprint density at radius 3 is 2.61 bits per heavy atom. The zero-order valence-electron chi connectivity index (χ0n) is 10.4. The summed E-state index contributed by atoms with van der Waals surface area (Å²) in [6, 6.07) is 13.2. The lowest BCUT2D eigenvalue weighted by Crippen LogP contribution is -2.06. The highest BCUT2D eigenvalue weighted by Gasteiger charge is 2.06. The van der Waals surface area contributed by atoms with Gasteiger partial charge in [0.15, 0.2) is 0 Å². The fraction of sp³-hybridized carbons (Fsp3) is 0.200. The van der Waals surface area contributed by atoms with Crippen LogP contribution in [0.1, 0.15) is 24.1 Å². The maximum absolute atomic E-state index is 9.46. The standard InChI is InChI=1S/C15H16ClNO/c1-10-6-7-13(9-15(10)16)17-11(2)12-4-3-5-14(18)8-12/h3-9,11,17-18H,1-2H3. The Hall–Kier alpha value is -1.67. The van der Waals surface area contributed by atoms with Crippen LogP contribution in [0.3, 0.4) is 0 Å². The number of phenolic OH excluding ortho intramolecular Hbond substituents is 1. The maximum atomic E-state index is 9.46. The molecule has 0 saturated heterocycles. The van der Waals surface area contributed by atoms with Crippen molar-refractivity contribution in [3.05, 3.63) is 58.6 Å². The van der Waals surface area contributed by atoms with Gasteiger partial charge >= 0.3 is 0 Å². The Morgan fingerprint density at radius 2 is 1.94 bits per heavy atom. The van der Waals surface area contributed by atoms with E-state index in [4.69, 9.17) is 11.6 Å². The van der Waals surface area contributed by atoms with Crippen LogP contribution in [0.25, 0.3) is 0 Å². The summed E-state index contributed by atoms with van der Waals surface area (Å²) in [6.45, 7) is 4.02. The third-order valence-electron chi connectivity index (χ3n) is 2.93. The Labute approximate surface area is 112 Å². The summed E-state index contributed by atoms with van der Waals surface area (Å²) in [4.78, 5) is 0. The fourth-order valence-electron chi connectivity index (χ4n) is 1.81. The van der Waals surface area contributed by atoms with E-state index in [1.807, 2.05) is 44.2 Å². The summed E-state index contributed by atoms with van der Waals surface area (Å²) < 4.78 is 0. The first-order valence-electron chi connectivity index (χ1n) is 5.88. The van der Waals surface area contributed by atoms with Gasteiger partial charge in [-0.05, 0) is 49.2 Å². The molecule has 0 heterocycles. The van der Waals surface area contributed by atoms with Gasteiger partial charge in [0.1, 0.15) is 5.75 Å². The minimum atomic E-state index is 0.107. The van der Waals surface area contributed by atoms with E-state index in [1.54, 1.807) is 12.1 Å². The molecule has 1 unspecified atom stereocenters. The van der Waals surface area contributed by atoms with Crippen molar-refractivity contribution in [1.82, 2.24) is 0 Å². The molecule has 0 bridgehead atoms. The number of aromatic hydroxyl groups is 1. The van der Waals surface area contributed by atoms with Crippen molar-refractivity contribution in [1.29, 1.82) is 0 Å². The van der Waals surface area contributed by atoms with Crippen LogP contribution in [0.5, 0.6) is 5.75 Å². The van der Waals surface area contributed by atoms with Gasteiger partial charge in [-0.25, -0.2) is 0 Å². The molecule has 0 radical (unpaired) electrons. The summed E-state index contributed by atoms with van der Waals surface area (Å²) >= 11 is 6.09. The predicted molar refractivity (Wildman–Crippen MR) is 76.3 cm³/mol. The number of hydrogen-bond donors (Lipinski definition) is 2. The van der Waals surface area contributed by atoms with E-state index in [2.05, 4.69) is 5.32 Å². The normalized spacial score (nSPS) is 12.2. The molecule has 2 N–H and O–H groups in total. The molecule has 2 nitrogen and oxygen atoms in total. The van der Waals surface area contributed by atoms with Crippen LogP contribution < -0.4 is 5.32 Å². The number of halogens is 1. The van der Waals surface area contributed by atoms with Crippen molar-refractivity contribution in [2.24, 2.45) is 0 Å². The van der Waals surface area contributed by atoms with E-state index in [0.717, 1.165) is 21.8 Å². The molecule has 0 aliphatic heterocycles. The van der Waals surface area contributed by atoms with E-state index in [0.29, 0.717) is 0 Å². The summed E-state index contributed by atoms with van der Waals surface area (Å²) in [5, 5.41) is 13.6. The van der Waals surface area contributed by atoms with Crippen molar-refractivity contribution < 1.29 is 5.11 Å². The largest absolute Gasteiger partial charge is 0.508 e. The van der Waals surface area contributed by atoms with Gasteiger partial charge in [-0.1, -0.05) is 29.8 Å². The lowest BCUT2D eigenvalue weighted by molar-refractivity contribution is 0.474. The van der Waals surface area contributed by atoms with Crippen molar-refractivity contribution in [3.8, 4) is 5.75 Å². The van der Waals surface area contributed by atoms with Gasteiger partial charge in [-0.15, -0.1) is 0 Å². The van der Waals surface area contributed by atoms with E-state index in [1.165, 1.54) is 0 Å². The van der Waals surface area contributed by atoms with Gasteiger partial charge < -0.3 is 10.4 Å². The van der Waals surface area contributed by atoms with Gasteiger partial charge in [0.05, 0.1) is 0 Å². The molecule has 3 heteroatoms. The predicted octanol–water partition coefficient (Wildman–Crippen LogP) is 4.53. The first-order valence-corrected chi connectivity index (χ1v) is 6.25. The molecule has 0 aliphatic rings. The Bertz CT molecular complexity index is 554. The molecule has 0 saturated carbocycles. The second kappa shape index (κ2) is 5.32. The van der Waals surface area contributed by atoms with Crippen LogP contribution in [0.15, 0.2) is 42.5 Å². The topological polar surface area (TPSA) is 32.3 Å². The van der Waals surface area contributed by atoms with E-state index in [-0.39, 0.29) is 11.8 Å². The lowest BCUT2D eigenvalue weighted by Gasteiger charge is -2.16. The summed E-state index contributed by atoms with van der Waals surface area (Å²) in [5.41, 5.74) is 3.07. The molecule has 1 atom stereocenters. The molecule has 0 aromatic heterocycles. The van der Waals surface area contributed by atoms with Gasteiger partial charge in [0, 0.05) is 16.8 Å². The summed E-state index contributed by atoms with van der Waals surface area (Å²) in [5.74, 6) is 0.281. The molecule has 18 heavy (non-hydrogen) atoms. The molecule has 0 spiro atoms. The highest BCUT2D eigenvalue weighted by atomic mass is 35.5. The average molecular weight is 262 g/mol. The second-order valence-corrected chi connectivity index (χ2v) is 4.83. The number of phenols is 1. The van der Waals surface area contributed by atoms with E-state index in [9.17, 15) is 5.11 Å². The third-order valence-corrected chi connectivity index (χ3v) is 3.33. The van der Waals surface area contributed by atoms with Crippen LogP contribution in [-0.4, -0.2) is 5.11 Å². The maximum Gasteiger partial charge on any atom is 0.115 e. The quantitative estimate of drug-likeness (QED) is 0.851. The molecular formula is C15H16ClNO. The van der Waals surface area contributed by atoms with Crippen LogP contribution in [0, 0.1) is 6.92 Å². The fourth-order valence-corrected chi connectivity index (χ4v) is 1.99. The molecule has 94 valence electrons. The number of anilines is 1. The zero-order valence-corrected chi connectivity index (χ0v) is 11.2. The van der Waals surface area contributed by atoms with Crippen molar-refractivity contribution >= 4 is 17.3 Å². The first-order chi connectivity index (χ1) is 8.56.